The molecule has 124 valence electrons. The normalized spacial score (nSPS) is 16.3. The minimum atomic E-state index is -0.0335. The maximum Gasteiger partial charge on any atom is 0.251 e. The minimum absolute atomic E-state index is 0. The molecule has 1 aromatic carbocycles. The molecule has 0 aliphatic heterocycles. The van der Waals surface area contributed by atoms with Gasteiger partial charge < -0.3 is 11.1 Å². The number of hydrogen-bond acceptors (Lipinski definition) is 3. The number of rotatable bonds is 4. The first-order valence-corrected chi connectivity index (χ1v) is 8.75. The molecule has 3 nitrogen and oxygen atoms in total. The minimum Gasteiger partial charge on any atom is -0.399 e. The van der Waals surface area contributed by atoms with Gasteiger partial charge in [-0.25, -0.2) is 0 Å². The van der Waals surface area contributed by atoms with E-state index in [4.69, 9.17) is 5.73 Å². The molecule has 1 saturated carbocycles. The van der Waals surface area contributed by atoms with E-state index in [2.05, 4.69) is 22.8 Å². The molecule has 0 atom stereocenters. The lowest BCUT2D eigenvalue weighted by atomic mass is 9.73. The van der Waals surface area contributed by atoms with Gasteiger partial charge in [0.15, 0.2) is 0 Å². The molecule has 1 heterocycles. The van der Waals surface area contributed by atoms with Gasteiger partial charge in [0.2, 0.25) is 0 Å². The van der Waals surface area contributed by atoms with Gasteiger partial charge in [-0.05, 0) is 42.5 Å². The van der Waals surface area contributed by atoms with Crippen LogP contribution in [0.25, 0.3) is 0 Å². The topological polar surface area (TPSA) is 55.1 Å². The Morgan fingerprint density at radius 3 is 2.61 bits per heavy atom. The van der Waals surface area contributed by atoms with Crippen LogP contribution in [0.15, 0.2) is 41.8 Å². The van der Waals surface area contributed by atoms with Gasteiger partial charge in [0, 0.05) is 28.1 Å². The molecule has 0 unspecified atom stereocenters. The van der Waals surface area contributed by atoms with Crippen LogP contribution < -0.4 is 11.1 Å². The molecule has 1 fully saturated rings. The zero-order valence-corrected chi connectivity index (χ0v) is 14.7. The van der Waals surface area contributed by atoms with Crippen LogP contribution in [0.1, 0.15) is 47.3 Å². The predicted molar refractivity (Wildman–Crippen MR) is 99.5 cm³/mol. The highest BCUT2D eigenvalue weighted by Gasteiger charge is 2.35. The van der Waals surface area contributed by atoms with Gasteiger partial charge in [0.25, 0.3) is 5.91 Å². The molecule has 0 bridgehead atoms. The Labute approximate surface area is 147 Å². The molecule has 1 aromatic heterocycles. The van der Waals surface area contributed by atoms with E-state index >= 15 is 0 Å². The summed E-state index contributed by atoms with van der Waals surface area (Å²) in [6.07, 6.45) is 6.10. The second-order valence-electron chi connectivity index (χ2n) is 6.13. The smallest absolute Gasteiger partial charge is 0.251 e. The predicted octanol–water partition coefficient (Wildman–Crippen LogP) is 4.38. The van der Waals surface area contributed by atoms with Crippen LogP contribution in [0.4, 0.5) is 5.69 Å². The van der Waals surface area contributed by atoms with Crippen molar-refractivity contribution in [1.82, 2.24) is 5.32 Å². The maximum absolute atomic E-state index is 12.4. The van der Waals surface area contributed by atoms with Crippen molar-refractivity contribution >= 4 is 35.3 Å². The molecule has 3 N–H and O–H groups in total. The lowest BCUT2D eigenvalue weighted by Crippen LogP contribution is -2.41. The third kappa shape index (κ3) is 4.06. The first kappa shape index (κ1) is 17.8. The fourth-order valence-corrected chi connectivity index (χ4v) is 4.34. The quantitative estimate of drug-likeness (QED) is 0.804. The molecule has 0 radical (unpaired) electrons. The average molecular weight is 351 g/mol. The molecule has 3 rings (SSSR count). The van der Waals surface area contributed by atoms with E-state index in [1.165, 1.54) is 24.1 Å². The Balaban J connectivity index is 0.00000192. The Kier molecular flexibility index (Phi) is 6.08. The Morgan fingerprint density at radius 2 is 1.96 bits per heavy atom. The SMILES string of the molecule is Cl.Nc1cccc(C(=O)NCC2(c3cccs3)CCCCC2)c1. The second kappa shape index (κ2) is 7.84. The number of nitrogens with one attached hydrogen (secondary N) is 1. The van der Waals surface area contributed by atoms with E-state index < -0.39 is 0 Å². The van der Waals surface area contributed by atoms with Gasteiger partial charge in [-0.3, -0.25) is 4.79 Å². The van der Waals surface area contributed by atoms with Crippen molar-refractivity contribution in [3.05, 3.63) is 52.2 Å². The number of halogens is 1. The number of amides is 1. The molecule has 23 heavy (non-hydrogen) atoms. The molecular formula is C18H23ClN2OS. The number of carbonyl (C=O) groups is 1. The molecular weight excluding hydrogens is 328 g/mol. The van der Waals surface area contributed by atoms with Gasteiger partial charge in [-0.2, -0.15) is 0 Å². The number of nitrogen functional groups attached to an aromatic ring is 1. The van der Waals surface area contributed by atoms with E-state index in [1.807, 2.05) is 12.1 Å². The summed E-state index contributed by atoms with van der Waals surface area (Å²) in [6.45, 7) is 0.709. The number of thiophene rings is 1. The van der Waals surface area contributed by atoms with Crippen LogP contribution in [0.2, 0.25) is 0 Å². The second-order valence-corrected chi connectivity index (χ2v) is 7.07. The van der Waals surface area contributed by atoms with Gasteiger partial charge in [0.1, 0.15) is 0 Å². The van der Waals surface area contributed by atoms with E-state index in [-0.39, 0.29) is 23.7 Å². The number of benzene rings is 1. The summed E-state index contributed by atoms with van der Waals surface area (Å²) in [6, 6.07) is 11.5. The number of nitrogens with two attached hydrogens (primary N) is 1. The van der Waals surface area contributed by atoms with Gasteiger partial charge >= 0.3 is 0 Å². The molecule has 1 amide bonds. The Morgan fingerprint density at radius 1 is 1.17 bits per heavy atom. The van der Waals surface area contributed by atoms with Crippen LogP contribution in [0.3, 0.4) is 0 Å². The molecule has 0 saturated heterocycles. The molecule has 5 heteroatoms. The van der Waals surface area contributed by atoms with Crippen LogP contribution in [-0.4, -0.2) is 12.5 Å². The van der Waals surface area contributed by atoms with Crippen molar-refractivity contribution in [2.24, 2.45) is 0 Å². The van der Waals surface area contributed by atoms with Crippen molar-refractivity contribution in [2.75, 3.05) is 12.3 Å². The van der Waals surface area contributed by atoms with Crippen LogP contribution in [0, 0.1) is 0 Å². The van der Waals surface area contributed by atoms with Crippen LogP contribution in [0.5, 0.6) is 0 Å². The van der Waals surface area contributed by atoms with Crippen molar-refractivity contribution < 1.29 is 4.79 Å². The summed E-state index contributed by atoms with van der Waals surface area (Å²) in [5.41, 5.74) is 7.13. The standard InChI is InChI=1S/C18H22N2OS.ClH/c19-15-7-4-6-14(12-15)17(21)20-13-18(9-2-1-3-10-18)16-8-5-11-22-16;/h4-8,11-12H,1-3,9-10,13,19H2,(H,20,21);1H. The van der Waals surface area contributed by atoms with Crippen LogP contribution >= 0.6 is 23.7 Å². The summed E-state index contributed by atoms with van der Waals surface area (Å²) in [5, 5.41) is 5.27. The summed E-state index contributed by atoms with van der Waals surface area (Å²) < 4.78 is 0. The van der Waals surface area contributed by atoms with Crippen molar-refractivity contribution in [1.29, 1.82) is 0 Å². The third-order valence-corrected chi connectivity index (χ3v) is 5.71. The van der Waals surface area contributed by atoms with Gasteiger partial charge in [-0.15, -0.1) is 23.7 Å². The number of hydrogen-bond donors (Lipinski definition) is 2. The zero-order chi connectivity index (χ0) is 15.4. The van der Waals surface area contributed by atoms with E-state index in [0.717, 1.165) is 12.8 Å². The Bertz CT molecular complexity index is 636. The summed E-state index contributed by atoms with van der Waals surface area (Å²) >= 11 is 1.81. The summed E-state index contributed by atoms with van der Waals surface area (Å²) in [7, 11) is 0. The van der Waals surface area contributed by atoms with Crippen molar-refractivity contribution in [3.8, 4) is 0 Å². The third-order valence-electron chi connectivity index (χ3n) is 4.59. The first-order chi connectivity index (χ1) is 10.7. The Hall–Kier alpha value is -1.52. The molecule has 0 spiro atoms. The van der Waals surface area contributed by atoms with Crippen molar-refractivity contribution in [3.63, 3.8) is 0 Å². The lowest BCUT2D eigenvalue weighted by Gasteiger charge is -2.36. The average Bonchev–Trinajstić information content (AvgIpc) is 3.09. The summed E-state index contributed by atoms with van der Waals surface area (Å²) in [4.78, 5) is 13.8. The molecule has 1 aliphatic carbocycles. The highest BCUT2D eigenvalue weighted by Crippen LogP contribution is 2.41. The van der Waals surface area contributed by atoms with E-state index in [1.54, 1.807) is 23.5 Å². The van der Waals surface area contributed by atoms with Crippen LogP contribution in [-0.2, 0) is 5.41 Å². The van der Waals surface area contributed by atoms with E-state index in [0.29, 0.717) is 17.8 Å². The zero-order valence-electron chi connectivity index (χ0n) is 13.1. The monoisotopic (exact) mass is 350 g/mol. The molecule has 2 aromatic rings. The fraction of sp³-hybridized carbons (Fsp3) is 0.389. The summed E-state index contributed by atoms with van der Waals surface area (Å²) in [5.74, 6) is -0.0335. The van der Waals surface area contributed by atoms with E-state index in [9.17, 15) is 4.79 Å². The number of carbonyl (C=O) groups excluding carboxylic acids is 1. The van der Waals surface area contributed by atoms with Gasteiger partial charge in [0.05, 0.1) is 0 Å². The highest BCUT2D eigenvalue weighted by atomic mass is 35.5. The largest absolute Gasteiger partial charge is 0.399 e. The van der Waals surface area contributed by atoms with Crippen molar-refractivity contribution in [2.45, 2.75) is 37.5 Å². The maximum atomic E-state index is 12.4. The fourth-order valence-electron chi connectivity index (χ4n) is 3.35. The van der Waals surface area contributed by atoms with Gasteiger partial charge in [-0.1, -0.05) is 31.4 Å². The lowest BCUT2D eigenvalue weighted by molar-refractivity contribution is 0.0937. The number of anilines is 1. The first-order valence-electron chi connectivity index (χ1n) is 7.87. The molecule has 1 aliphatic rings. The highest BCUT2D eigenvalue weighted by molar-refractivity contribution is 7.10.